The van der Waals surface area contributed by atoms with Crippen LogP contribution in [-0.2, 0) is 0 Å². The maximum absolute atomic E-state index is 12.8. The molecule has 0 saturated carbocycles. The third-order valence-corrected chi connectivity index (χ3v) is 10.7. The van der Waals surface area contributed by atoms with Gasteiger partial charge in [-0.25, -0.2) is 0 Å². The van der Waals surface area contributed by atoms with Crippen molar-refractivity contribution >= 4 is 5.57 Å². The van der Waals surface area contributed by atoms with E-state index in [0.29, 0.717) is 39.0 Å². The highest BCUT2D eigenvalue weighted by Crippen LogP contribution is 2.52. The first-order chi connectivity index (χ1) is 28.4. The lowest BCUT2D eigenvalue weighted by molar-refractivity contribution is 0.451. The molecule has 3 heteroatoms. The summed E-state index contributed by atoms with van der Waals surface area (Å²) < 4.78 is 0. The Bertz CT molecular complexity index is 2620. The molecule has 0 fully saturated rings. The third-order valence-electron chi connectivity index (χ3n) is 10.7. The number of phenols is 3. The topological polar surface area (TPSA) is 60.7 Å². The number of benzene rings is 8. The molecule has 0 unspecified atom stereocenters. The van der Waals surface area contributed by atoms with Crippen LogP contribution in [0.5, 0.6) is 17.2 Å². The summed E-state index contributed by atoms with van der Waals surface area (Å²) in [6.07, 6.45) is 5.19. The molecule has 0 bridgehead atoms. The molecule has 0 radical (unpaired) electrons. The van der Waals surface area contributed by atoms with Crippen molar-refractivity contribution < 1.29 is 15.3 Å². The van der Waals surface area contributed by atoms with Crippen LogP contribution < -0.4 is 0 Å². The van der Waals surface area contributed by atoms with Crippen molar-refractivity contribution in [3.63, 3.8) is 0 Å². The second-order valence-corrected chi connectivity index (χ2v) is 14.2. The van der Waals surface area contributed by atoms with Gasteiger partial charge in [-0.05, 0) is 86.5 Å². The van der Waals surface area contributed by atoms with Crippen molar-refractivity contribution in [1.29, 1.82) is 0 Å². The van der Waals surface area contributed by atoms with Gasteiger partial charge in [0, 0.05) is 39.3 Å². The van der Waals surface area contributed by atoms with Crippen molar-refractivity contribution in [2.45, 2.75) is 5.92 Å². The summed E-state index contributed by atoms with van der Waals surface area (Å²) in [6, 6.07) is 61.6. The Kier molecular flexibility index (Phi) is 10.7. The molecule has 0 aromatic heterocycles. The molecule has 0 aliphatic rings. The predicted molar refractivity (Wildman–Crippen MR) is 241 cm³/mol. The predicted octanol–water partition coefficient (Wildman–Crippen LogP) is 14.1. The number of rotatable bonds is 11. The van der Waals surface area contributed by atoms with Crippen LogP contribution in [0.15, 0.2) is 219 Å². The molecule has 8 aromatic rings. The van der Waals surface area contributed by atoms with E-state index < -0.39 is 5.92 Å². The molecule has 3 N–H and O–H groups in total. The second-order valence-electron chi connectivity index (χ2n) is 14.2. The van der Waals surface area contributed by atoms with E-state index in [9.17, 15) is 15.3 Å². The van der Waals surface area contributed by atoms with Crippen molar-refractivity contribution in [2.24, 2.45) is 0 Å². The Morgan fingerprint density at radius 2 is 0.707 bits per heavy atom. The zero-order valence-electron chi connectivity index (χ0n) is 32.0. The summed E-state index contributed by atoms with van der Waals surface area (Å²) in [5.41, 5.74) is 11.1. The molecular weight excluding hydrogens is 709 g/mol. The fraction of sp³-hybridized carbons (Fsp3) is 0.0182. The average Bonchev–Trinajstić information content (AvgIpc) is 3.28. The van der Waals surface area contributed by atoms with Crippen molar-refractivity contribution in [3.05, 3.63) is 242 Å². The fourth-order valence-electron chi connectivity index (χ4n) is 7.82. The zero-order valence-corrected chi connectivity index (χ0v) is 32.0. The first-order valence-electron chi connectivity index (χ1n) is 19.3. The van der Waals surface area contributed by atoms with Gasteiger partial charge >= 0.3 is 0 Å². The summed E-state index contributed by atoms with van der Waals surface area (Å²) in [5.74, 6) is -0.819. The number of phenolic OH excluding ortho intramolecular Hbond substituents is 3. The standard InChI is InChI=1S/C55H42O3/c1-3-20-37(4-2)46-31-43(38-21-10-5-11-22-38)34-49(53(46)56)52(50-35-44(39-23-12-6-13-24-39)32-47(54(50)57)41-27-16-8-17-28-41)51-36-45(40-25-14-7-15-26-40)33-48(55(51)58)42-29-18-9-19-30-42/h3-36,52,56-58H,1-2H2/b37-20+. The van der Waals surface area contributed by atoms with Gasteiger partial charge in [0.1, 0.15) is 17.2 Å². The average molecular weight is 751 g/mol. The Balaban J connectivity index is 1.55. The molecule has 0 saturated heterocycles. The summed E-state index contributed by atoms with van der Waals surface area (Å²) in [6.45, 7) is 8.03. The van der Waals surface area contributed by atoms with Crippen LogP contribution in [0, 0.1) is 0 Å². The lowest BCUT2D eigenvalue weighted by Gasteiger charge is -2.27. The molecule has 8 aromatic carbocycles. The third kappa shape index (κ3) is 7.37. The van der Waals surface area contributed by atoms with E-state index in [0.717, 1.165) is 44.5 Å². The minimum absolute atomic E-state index is 0.00534. The highest BCUT2D eigenvalue weighted by Gasteiger charge is 2.31. The van der Waals surface area contributed by atoms with Gasteiger partial charge in [-0.3, -0.25) is 0 Å². The van der Waals surface area contributed by atoms with E-state index in [1.165, 1.54) is 0 Å². The Labute approximate surface area is 340 Å². The summed E-state index contributed by atoms with van der Waals surface area (Å²) in [4.78, 5) is 0. The first-order valence-corrected chi connectivity index (χ1v) is 19.3. The number of aromatic hydroxyl groups is 3. The van der Waals surface area contributed by atoms with Gasteiger partial charge in [-0.1, -0.05) is 183 Å². The molecule has 0 amide bonds. The lowest BCUT2D eigenvalue weighted by Crippen LogP contribution is -2.08. The summed E-state index contributed by atoms with van der Waals surface area (Å²) in [5, 5.41) is 38.2. The molecular formula is C55H42O3. The molecule has 8 rings (SSSR count). The van der Waals surface area contributed by atoms with Crippen LogP contribution in [0.1, 0.15) is 28.2 Å². The zero-order chi connectivity index (χ0) is 40.0. The van der Waals surface area contributed by atoms with Gasteiger partial charge in [-0.2, -0.15) is 0 Å². The van der Waals surface area contributed by atoms with Crippen LogP contribution in [0.4, 0.5) is 0 Å². The summed E-state index contributed by atoms with van der Waals surface area (Å²) in [7, 11) is 0. The molecule has 0 heterocycles. The Hall–Kier alpha value is -7.62. The van der Waals surface area contributed by atoms with E-state index >= 15 is 0 Å². The maximum atomic E-state index is 12.8. The summed E-state index contributed by atoms with van der Waals surface area (Å²) >= 11 is 0. The van der Waals surface area contributed by atoms with Crippen LogP contribution in [0.25, 0.3) is 61.2 Å². The Morgan fingerprint density at radius 3 is 1.05 bits per heavy atom. The Morgan fingerprint density at radius 1 is 0.379 bits per heavy atom. The SMILES string of the molecule is C=C/C=C(\C=C)c1cc(-c2ccccc2)cc(C(c2cc(-c3ccccc3)cc(-c3ccccc3)c2O)c2cc(-c3ccccc3)cc(-c3ccccc3)c2O)c1O. The molecule has 0 spiro atoms. The number of hydrogen-bond acceptors (Lipinski definition) is 3. The monoisotopic (exact) mass is 750 g/mol. The van der Waals surface area contributed by atoms with E-state index in [1.54, 1.807) is 12.2 Å². The van der Waals surface area contributed by atoms with E-state index in [1.807, 2.05) is 194 Å². The van der Waals surface area contributed by atoms with Crippen molar-refractivity contribution in [3.8, 4) is 72.9 Å². The molecule has 0 aliphatic heterocycles. The number of allylic oxidation sites excluding steroid dienone is 4. The van der Waals surface area contributed by atoms with Crippen LogP contribution in [0.2, 0.25) is 0 Å². The van der Waals surface area contributed by atoms with Crippen LogP contribution in [0.3, 0.4) is 0 Å². The first kappa shape index (κ1) is 37.3. The van der Waals surface area contributed by atoms with Gasteiger partial charge in [0.25, 0.3) is 0 Å². The molecule has 58 heavy (non-hydrogen) atoms. The molecule has 3 nitrogen and oxygen atoms in total. The van der Waals surface area contributed by atoms with E-state index in [2.05, 4.69) is 13.2 Å². The highest BCUT2D eigenvalue weighted by atomic mass is 16.3. The van der Waals surface area contributed by atoms with Gasteiger partial charge in [-0.15, -0.1) is 0 Å². The highest BCUT2D eigenvalue weighted by molar-refractivity contribution is 5.87. The smallest absolute Gasteiger partial charge is 0.127 e. The van der Waals surface area contributed by atoms with E-state index in [-0.39, 0.29) is 17.2 Å². The van der Waals surface area contributed by atoms with Crippen molar-refractivity contribution in [1.82, 2.24) is 0 Å². The lowest BCUT2D eigenvalue weighted by atomic mass is 9.77. The quantitative estimate of drug-likeness (QED) is 0.0911. The fourth-order valence-corrected chi connectivity index (χ4v) is 7.82. The van der Waals surface area contributed by atoms with Gasteiger partial charge < -0.3 is 15.3 Å². The van der Waals surface area contributed by atoms with Gasteiger partial charge in [0.05, 0.1) is 0 Å². The largest absolute Gasteiger partial charge is 0.507 e. The normalized spacial score (nSPS) is 11.4. The molecule has 280 valence electrons. The van der Waals surface area contributed by atoms with Crippen LogP contribution >= 0.6 is 0 Å². The van der Waals surface area contributed by atoms with Gasteiger partial charge in [0.2, 0.25) is 0 Å². The minimum Gasteiger partial charge on any atom is -0.507 e. The van der Waals surface area contributed by atoms with Crippen LogP contribution in [-0.4, -0.2) is 15.3 Å². The maximum Gasteiger partial charge on any atom is 0.127 e. The molecule has 0 aliphatic carbocycles. The van der Waals surface area contributed by atoms with Crippen molar-refractivity contribution in [2.75, 3.05) is 0 Å². The number of hydrogen-bond donors (Lipinski definition) is 3. The second kappa shape index (κ2) is 16.6. The van der Waals surface area contributed by atoms with E-state index in [4.69, 9.17) is 0 Å². The molecule has 0 atom stereocenters. The minimum atomic E-state index is -0.894. The van der Waals surface area contributed by atoms with Gasteiger partial charge in [0.15, 0.2) is 0 Å².